The fourth-order valence-corrected chi connectivity index (χ4v) is 2.00. The zero-order valence-corrected chi connectivity index (χ0v) is 10.2. The Hall–Kier alpha value is -2.29. The Morgan fingerprint density at radius 3 is 2.78 bits per heavy atom. The van der Waals surface area contributed by atoms with E-state index in [9.17, 15) is 0 Å². The molecule has 1 heterocycles. The van der Waals surface area contributed by atoms with E-state index in [1.54, 1.807) is 0 Å². The van der Waals surface area contributed by atoms with Crippen molar-refractivity contribution in [3.63, 3.8) is 0 Å². The summed E-state index contributed by atoms with van der Waals surface area (Å²) < 4.78 is 5.74. The summed E-state index contributed by atoms with van der Waals surface area (Å²) in [6.45, 7) is 2.12. The first kappa shape index (κ1) is 10.8. The molecule has 3 rings (SSSR count). The molecule has 0 saturated heterocycles. The second-order valence-corrected chi connectivity index (χ2v) is 4.26. The molecule has 0 atom stereocenters. The molecule has 0 spiro atoms. The Labute approximate surface area is 105 Å². The lowest BCUT2D eigenvalue weighted by molar-refractivity contribution is 0.620. The number of anilines is 1. The Balaban J connectivity index is 2.17. The first-order valence-corrected chi connectivity index (χ1v) is 6.02. The fraction of sp³-hybridized carbons (Fsp3) is 0.133. The number of hydrogen-bond acceptors (Lipinski definition) is 3. The number of para-hydroxylation sites is 1. The second kappa shape index (κ2) is 4.18. The molecule has 0 bridgehead atoms. The van der Waals surface area contributed by atoms with E-state index in [4.69, 9.17) is 10.2 Å². The third kappa shape index (κ3) is 1.74. The van der Waals surface area contributed by atoms with Crippen LogP contribution in [0.25, 0.3) is 22.6 Å². The molecule has 1 aromatic heterocycles. The SMILES string of the molecule is CCc1ccc2oc(-c3ccccc3N)nc2c1. The molecule has 90 valence electrons. The molecule has 0 aliphatic carbocycles. The van der Waals surface area contributed by atoms with E-state index < -0.39 is 0 Å². The van der Waals surface area contributed by atoms with E-state index >= 15 is 0 Å². The first-order valence-electron chi connectivity index (χ1n) is 6.02. The number of nitrogens with zero attached hydrogens (tertiary/aromatic N) is 1. The van der Waals surface area contributed by atoms with Crippen LogP contribution in [0.3, 0.4) is 0 Å². The van der Waals surface area contributed by atoms with Crippen LogP contribution >= 0.6 is 0 Å². The largest absolute Gasteiger partial charge is 0.436 e. The number of oxazole rings is 1. The third-order valence-electron chi connectivity index (χ3n) is 3.05. The van der Waals surface area contributed by atoms with Crippen LogP contribution in [0.2, 0.25) is 0 Å². The van der Waals surface area contributed by atoms with Gasteiger partial charge in [-0.3, -0.25) is 0 Å². The highest BCUT2D eigenvalue weighted by Gasteiger charge is 2.10. The maximum Gasteiger partial charge on any atom is 0.229 e. The summed E-state index contributed by atoms with van der Waals surface area (Å²) in [6.07, 6.45) is 0.992. The Bertz CT molecular complexity index is 701. The lowest BCUT2D eigenvalue weighted by atomic mass is 10.1. The smallest absolute Gasteiger partial charge is 0.229 e. The van der Waals surface area contributed by atoms with Gasteiger partial charge in [-0.25, -0.2) is 4.98 Å². The van der Waals surface area contributed by atoms with E-state index in [0.29, 0.717) is 11.6 Å². The number of aromatic nitrogens is 1. The van der Waals surface area contributed by atoms with Crippen molar-refractivity contribution in [1.29, 1.82) is 0 Å². The minimum atomic E-state index is 0.580. The van der Waals surface area contributed by atoms with E-state index in [1.807, 2.05) is 30.3 Å². The van der Waals surface area contributed by atoms with Gasteiger partial charge in [-0.2, -0.15) is 0 Å². The first-order chi connectivity index (χ1) is 8.78. The van der Waals surface area contributed by atoms with Crippen molar-refractivity contribution in [2.24, 2.45) is 0 Å². The molecule has 0 aliphatic rings. The summed E-state index contributed by atoms with van der Waals surface area (Å²) in [4.78, 5) is 4.51. The van der Waals surface area contributed by atoms with Gasteiger partial charge in [0.2, 0.25) is 5.89 Å². The summed E-state index contributed by atoms with van der Waals surface area (Å²) in [5.41, 5.74) is 10.4. The van der Waals surface area contributed by atoms with Crippen LogP contribution in [0, 0.1) is 0 Å². The van der Waals surface area contributed by atoms with Gasteiger partial charge in [-0.1, -0.05) is 25.1 Å². The van der Waals surface area contributed by atoms with E-state index in [-0.39, 0.29) is 0 Å². The minimum Gasteiger partial charge on any atom is -0.436 e. The lowest BCUT2D eigenvalue weighted by Crippen LogP contribution is -1.88. The van der Waals surface area contributed by atoms with Gasteiger partial charge in [0, 0.05) is 5.69 Å². The van der Waals surface area contributed by atoms with Crippen LogP contribution in [0.15, 0.2) is 46.9 Å². The van der Waals surface area contributed by atoms with Crippen LogP contribution in [0.5, 0.6) is 0 Å². The van der Waals surface area contributed by atoms with Gasteiger partial charge >= 0.3 is 0 Å². The van der Waals surface area contributed by atoms with Crippen LogP contribution in [0.1, 0.15) is 12.5 Å². The van der Waals surface area contributed by atoms with Crippen molar-refractivity contribution < 1.29 is 4.42 Å². The van der Waals surface area contributed by atoms with Gasteiger partial charge in [-0.15, -0.1) is 0 Å². The molecular formula is C15H14N2O. The molecule has 0 saturated carbocycles. The Morgan fingerprint density at radius 1 is 1.17 bits per heavy atom. The molecule has 3 heteroatoms. The number of fused-ring (bicyclic) bond motifs is 1. The zero-order chi connectivity index (χ0) is 12.5. The minimum absolute atomic E-state index is 0.580. The maximum atomic E-state index is 5.93. The molecule has 18 heavy (non-hydrogen) atoms. The highest BCUT2D eigenvalue weighted by atomic mass is 16.3. The summed E-state index contributed by atoms with van der Waals surface area (Å²) in [5, 5.41) is 0. The van der Waals surface area contributed by atoms with Gasteiger partial charge < -0.3 is 10.2 Å². The number of nitrogens with two attached hydrogens (primary N) is 1. The summed E-state index contributed by atoms with van der Waals surface area (Å²) in [6, 6.07) is 13.7. The Morgan fingerprint density at radius 2 is 2.00 bits per heavy atom. The lowest BCUT2D eigenvalue weighted by Gasteiger charge is -1.98. The van der Waals surface area contributed by atoms with Crippen LogP contribution in [0.4, 0.5) is 5.69 Å². The molecule has 2 aromatic carbocycles. The van der Waals surface area contributed by atoms with Crippen molar-refractivity contribution in [3.05, 3.63) is 48.0 Å². The molecular weight excluding hydrogens is 224 g/mol. The average molecular weight is 238 g/mol. The second-order valence-electron chi connectivity index (χ2n) is 4.26. The zero-order valence-electron chi connectivity index (χ0n) is 10.2. The number of aryl methyl sites for hydroxylation is 1. The van der Waals surface area contributed by atoms with Crippen LogP contribution in [-0.4, -0.2) is 4.98 Å². The predicted octanol–water partition coefficient (Wildman–Crippen LogP) is 3.64. The number of nitrogen functional groups attached to an aromatic ring is 1. The van der Waals surface area contributed by atoms with E-state index in [0.717, 1.165) is 23.1 Å². The summed E-state index contributed by atoms with van der Waals surface area (Å²) in [5.74, 6) is 0.580. The molecule has 0 fully saturated rings. The normalized spacial score (nSPS) is 10.9. The van der Waals surface area contributed by atoms with Crippen molar-refractivity contribution in [3.8, 4) is 11.5 Å². The van der Waals surface area contributed by atoms with Gasteiger partial charge in [0.1, 0.15) is 5.52 Å². The Kier molecular flexibility index (Phi) is 2.52. The van der Waals surface area contributed by atoms with Crippen molar-refractivity contribution in [2.45, 2.75) is 13.3 Å². The molecule has 0 amide bonds. The van der Waals surface area contributed by atoms with Crippen molar-refractivity contribution in [2.75, 3.05) is 5.73 Å². The fourth-order valence-electron chi connectivity index (χ4n) is 2.00. The van der Waals surface area contributed by atoms with Gasteiger partial charge in [-0.05, 0) is 36.2 Å². The van der Waals surface area contributed by atoms with Crippen molar-refractivity contribution >= 4 is 16.8 Å². The quantitative estimate of drug-likeness (QED) is 0.693. The summed E-state index contributed by atoms with van der Waals surface area (Å²) in [7, 11) is 0. The van der Waals surface area contributed by atoms with Gasteiger partial charge in [0.15, 0.2) is 5.58 Å². The predicted molar refractivity (Wildman–Crippen MR) is 73.2 cm³/mol. The highest BCUT2D eigenvalue weighted by molar-refractivity contribution is 5.79. The third-order valence-corrected chi connectivity index (χ3v) is 3.05. The van der Waals surface area contributed by atoms with Gasteiger partial charge in [0.25, 0.3) is 0 Å². The van der Waals surface area contributed by atoms with E-state index in [1.165, 1.54) is 5.56 Å². The summed E-state index contributed by atoms with van der Waals surface area (Å²) >= 11 is 0. The molecule has 3 nitrogen and oxygen atoms in total. The highest BCUT2D eigenvalue weighted by Crippen LogP contribution is 2.28. The topological polar surface area (TPSA) is 52.0 Å². The number of rotatable bonds is 2. The molecule has 3 aromatic rings. The van der Waals surface area contributed by atoms with E-state index in [2.05, 4.69) is 24.0 Å². The standard InChI is InChI=1S/C15H14N2O/c1-2-10-7-8-14-13(9-10)17-15(18-14)11-5-3-4-6-12(11)16/h3-9H,2,16H2,1H3. The molecule has 2 N–H and O–H groups in total. The van der Waals surface area contributed by atoms with Gasteiger partial charge in [0.05, 0.1) is 5.56 Å². The molecule has 0 radical (unpaired) electrons. The van der Waals surface area contributed by atoms with Crippen molar-refractivity contribution in [1.82, 2.24) is 4.98 Å². The number of hydrogen-bond donors (Lipinski definition) is 1. The molecule has 0 aliphatic heterocycles. The number of benzene rings is 2. The molecule has 0 unspecified atom stereocenters. The monoisotopic (exact) mass is 238 g/mol. The maximum absolute atomic E-state index is 5.93. The van der Waals surface area contributed by atoms with Crippen LogP contribution < -0.4 is 5.73 Å². The van der Waals surface area contributed by atoms with Crippen LogP contribution in [-0.2, 0) is 6.42 Å². The average Bonchev–Trinajstić information content (AvgIpc) is 2.81.